The van der Waals surface area contributed by atoms with E-state index in [1.807, 2.05) is 93.6 Å². The molecule has 16 heteroatoms. The molecule has 0 aliphatic rings. The van der Waals surface area contributed by atoms with Gasteiger partial charge in [0.15, 0.2) is 0 Å². The van der Waals surface area contributed by atoms with Gasteiger partial charge in [0.05, 0.1) is 47.5 Å². The van der Waals surface area contributed by atoms with Crippen LogP contribution in [0.25, 0.3) is 87.6 Å². The molecule has 3 unspecified atom stereocenters. The van der Waals surface area contributed by atoms with Gasteiger partial charge >= 0.3 is 5.97 Å². The number of nitrogens with zero attached hydrogens (tertiary/aromatic N) is 4. The van der Waals surface area contributed by atoms with Gasteiger partial charge in [-0.2, -0.15) is 0 Å². The first-order valence-electron chi connectivity index (χ1n) is 52.3. The van der Waals surface area contributed by atoms with Crippen molar-refractivity contribution in [3.63, 3.8) is 0 Å². The fourth-order valence-corrected chi connectivity index (χ4v) is 21.1. The lowest BCUT2D eigenvalue weighted by Crippen LogP contribution is -2.23. The lowest BCUT2D eigenvalue weighted by molar-refractivity contribution is 0.0693. The van der Waals surface area contributed by atoms with Gasteiger partial charge in [-0.15, -0.1) is 45.3 Å². The van der Waals surface area contributed by atoms with E-state index in [-0.39, 0.29) is 45.7 Å². The van der Waals surface area contributed by atoms with Crippen molar-refractivity contribution in [2.75, 3.05) is 25.5 Å². The van der Waals surface area contributed by atoms with Crippen LogP contribution in [0.3, 0.4) is 0 Å². The number of benzene rings is 13. The monoisotopic (exact) mass is 2000 g/mol. The SMILES string of the molecule is CC(C)(C)c1cc(-c2nc(-c3cccc4ccccc34)cs2)c(O)c(C(C)(C)C)c1.CC(C)(C)c1cc(C(=O)O)c(O)c(-c2cccc3ccccc23)c1.CCCCNC(c1ccc(CCCC)cc1)c1csc(-c2ccccc2)n1.CCCCNC(c1ccc(CCCC)cc1)c1nc(-c2ccc(CC)cc2)cs1.CCCCc1ccc(NC(c2ccc(CCCC)cc2)c2nc(-c3ccccc3OC)cs2)cc1. The molecule has 0 saturated carbocycles. The van der Waals surface area contributed by atoms with Crippen LogP contribution < -0.4 is 20.7 Å². The highest BCUT2D eigenvalue weighted by Gasteiger charge is 2.30. The quantitative estimate of drug-likeness (QED) is 0.0204. The highest BCUT2D eigenvalue weighted by Crippen LogP contribution is 2.47. The molecule has 4 aromatic heterocycles. The minimum Gasteiger partial charge on any atom is -0.507 e. The number of phenolic OH excluding ortho intramolecular Hbond substituents is 1. The molecular weight excluding hydrogens is 1860 g/mol. The molecule has 0 saturated heterocycles. The molecule has 17 aromatic rings. The Morgan fingerprint density at radius 2 is 0.786 bits per heavy atom. The number of aromatic nitrogens is 4. The summed E-state index contributed by atoms with van der Waals surface area (Å²) in [6.45, 7) is 36.8. The largest absolute Gasteiger partial charge is 0.507 e. The number of phenols is 2. The topological polar surface area (TPSA) is 175 Å². The van der Waals surface area contributed by atoms with E-state index in [0.717, 1.165) is 131 Å². The molecule has 0 bridgehead atoms. The Hall–Kier alpha value is -12.5. The third kappa shape index (κ3) is 30.1. The van der Waals surface area contributed by atoms with E-state index in [1.165, 1.54) is 162 Å². The number of methoxy groups -OCH3 is 1. The number of nitrogens with one attached hydrogen (secondary N) is 3. The molecule has 17 rings (SSSR count). The number of thiazole rings is 4. The van der Waals surface area contributed by atoms with E-state index in [2.05, 4.69) is 334 Å². The Morgan fingerprint density at radius 3 is 1.32 bits per heavy atom. The van der Waals surface area contributed by atoms with Gasteiger partial charge in [-0.1, -0.05) is 392 Å². The Kier molecular flexibility index (Phi) is 40.5. The molecule has 12 nitrogen and oxygen atoms in total. The maximum absolute atomic E-state index is 11.6. The molecule has 0 spiro atoms. The van der Waals surface area contributed by atoms with Crippen molar-refractivity contribution in [2.45, 2.75) is 254 Å². The number of carboxylic acid groups (broad SMARTS) is 1. The number of hydrogen-bond acceptors (Lipinski definition) is 15. The maximum Gasteiger partial charge on any atom is 0.339 e. The van der Waals surface area contributed by atoms with Crippen LogP contribution in [0.4, 0.5) is 5.69 Å². The van der Waals surface area contributed by atoms with Crippen molar-refractivity contribution >= 4 is 78.5 Å². The first kappa shape index (κ1) is 110. The summed E-state index contributed by atoms with van der Waals surface area (Å²) in [7, 11) is 1.71. The van der Waals surface area contributed by atoms with Crippen molar-refractivity contribution in [2.24, 2.45) is 0 Å². The number of aromatic hydroxyl groups is 2. The zero-order valence-electron chi connectivity index (χ0n) is 88.2. The van der Waals surface area contributed by atoms with Crippen LogP contribution in [0.1, 0.15) is 293 Å². The number of unbranched alkanes of at least 4 members (excludes halogenated alkanes) is 6. The highest BCUT2D eigenvalue weighted by molar-refractivity contribution is 7.13. The van der Waals surface area contributed by atoms with Crippen LogP contribution in [-0.4, -0.2) is 61.4 Å². The number of hydrogen-bond donors (Lipinski definition) is 6. The fourth-order valence-electron chi connectivity index (χ4n) is 17.6. The van der Waals surface area contributed by atoms with Crippen LogP contribution in [-0.2, 0) is 48.3 Å². The van der Waals surface area contributed by atoms with E-state index in [0.29, 0.717) is 11.3 Å². The Labute approximate surface area is 879 Å². The fraction of sp³-hybridized carbons (Fsp3) is 0.326. The summed E-state index contributed by atoms with van der Waals surface area (Å²) in [4.78, 5) is 31.6. The van der Waals surface area contributed by atoms with Crippen LogP contribution in [0.15, 0.2) is 307 Å². The molecule has 0 aliphatic carbocycles. The number of ether oxygens (including phenoxy) is 1. The minimum absolute atomic E-state index is 0.0157. The second-order valence-corrected chi connectivity index (χ2v) is 44.2. The second kappa shape index (κ2) is 53.5. The van der Waals surface area contributed by atoms with Gasteiger partial charge in [0.25, 0.3) is 0 Å². The molecule has 0 radical (unpaired) electrons. The Bertz CT molecular complexity index is 6890. The van der Waals surface area contributed by atoms with Crippen molar-refractivity contribution in [1.82, 2.24) is 30.6 Å². The van der Waals surface area contributed by atoms with E-state index in [1.54, 1.807) is 58.5 Å². The van der Waals surface area contributed by atoms with Crippen molar-refractivity contribution in [1.29, 1.82) is 0 Å². The van der Waals surface area contributed by atoms with Gasteiger partial charge < -0.3 is 36.0 Å². The maximum atomic E-state index is 11.6. The van der Waals surface area contributed by atoms with Gasteiger partial charge in [-0.3, -0.25) is 0 Å². The molecule has 754 valence electrons. The summed E-state index contributed by atoms with van der Waals surface area (Å²) in [5.74, 6) is -0.127. The molecule has 0 aliphatic heterocycles. The smallest absolute Gasteiger partial charge is 0.339 e. The van der Waals surface area contributed by atoms with Gasteiger partial charge in [0.2, 0.25) is 0 Å². The van der Waals surface area contributed by atoms with Crippen molar-refractivity contribution in [3.8, 4) is 83.3 Å². The lowest BCUT2D eigenvalue weighted by Gasteiger charge is -2.27. The predicted molar refractivity (Wildman–Crippen MR) is 620 cm³/mol. The third-order valence-corrected chi connectivity index (χ3v) is 30.1. The van der Waals surface area contributed by atoms with Gasteiger partial charge in [0, 0.05) is 60.6 Å². The van der Waals surface area contributed by atoms with Crippen LogP contribution in [0.5, 0.6) is 17.2 Å². The average molecular weight is 2010 g/mol. The van der Waals surface area contributed by atoms with E-state index < -0.39 is 5.97 Å². The molecular formula is C129H149N7O5S4. The summed E-state index contributed by atoms with van der Waals surface area (Å²) >= 11 is 6.76. The van der Waals surface area contributed by atoms with Gasteiger partial charge in [-0.05, 0) is 225 Å². The van der Waals surface area contributed by atoms with Crippen LogP contribution >= 0.6 is 45.3 Å². The highest BCUT2D eigenvalue weighted by atomic mass is 32.1. The van der Waals surface area contributed by atoms with Crippen molar-refractivity contribution < 1.29 is 24.9 Å². The molecule has 13 aromatic carbocycles. The van der Waals surface area contributed by atoms with Crippen LogP contribution in [0, 0.1) is 0 Å². The van der Waals surface area contributed by atoms with Crippen molar-refractivity contribution in [3.05, 3.63) is 389 Å². The number of carboxylic acids is 1. The summed E-state index contributed by atoms with van der Waals surface area (Å²) in [5.41, 5.74) is 25.4. The first-order valence-corrected chi connectivity index (χ1v) is 55.8. The van der Waals surface area contributed by atoms with E-state index in [9.17, 15) is 20.1 Å². The van der Waals surface area contributed by atoms with E-state index >= 15 is 0 Å². The number of fused-ring (bicyclic) bond motifs is 2. The average Bonchev–Trinajstić information content (AvgIpc) is 1.73. The summed E-state index contributed by atoms with van der Waals surface area (Å²) in [5, 5.41) is 59.7. The molecule has 3 atom stereocenters. The minimum atomic E-state index is -1.12. The molecule has 4 heterocycles. The number of aromatic carboxylic acids is 1. The zero-order valence-corrected chi connectivity index (χ0v) is 91.5. The molecule has 6 N–H and O–H groups in total. The molecule has 0 amide bonds. The third-order valence-electron chi connectivity index (χ3n) is 26.5. The molecule has 145 heavy (non-hydrogen) atoms. The summed E-state index contributed by atoms with van der Waals surface area (Å²) < 4.78 is 5.58. The molecule has 0 fully saturated rings. The van der Waals surface area contributed by atoms with E-state index in [4.69, 9.17) is 24.7 Å². The second-order valence-electron chi connectivity index (χ2n) is 40.7. The number of carbonyl (C=O) groups is 1. The summed E-state index contributed by atoms with van der Waals surface area (Å²) in [6, 6.07) is 99.9. The Balaban J connectivity index is 0.000000153. The lowest BCUT2D eigenvalue weighted by atomic mass is 9.79. The number of para-hydroxylation sites is 1. The van der Waals surface area contributed by atoms with Crippen LogP contribution in [0.2, 0.25) is 0 Å². The first-order chi connectivity index (χ1) is 70.1. The number of anilines is 1. The zero-order chi connectivity index (χ0) is 103. The van der Waals surface area contributed by atoms with Gasteiger partial charge in [-0.25, -0.2) is 24.7 Å². The normalized spacial score (nSPS) is 12.1. The summed E-state index contributed by atoms with van der Waals surface area (Å²) in [6.07, 6.45) is 20.3. The van der Waals surface area contributed by atoms with Gasteiger partial charge in [0.1, 0.15) is 48.9 Å². The Morgan fingerprint density at radius 1 is 0.359 bits per heavy atom. The predicted octanol–water partition coefficient (Wildman–Crippen LogP) is 35.7. The number of aryl methyl sites for hydroxylation is 5. The standard InChI is InChI=1S/C31H36N2OS.C27H29NOS.C26H34N2S.C24H30N2S.C21H20O3/c1-4-6-10-23-14-18-25(19-15-23)30(32-26-20-16-24(17-21-26)11-7-5-2)31-33-28(22-35-31)27-12-8-9-13-29(27)34-3;1-26(2,3)18-14-21(24(29)22(15-18)27(4,5)6)25-28-23(16-30-25)20-13-9-11-17-10-7-8-12-19(17)20;1-4-7-9-21-12-16-23(17-13-21)25(27-18-8-5-2)26-28-24(19-29-26)22-14-10-20(6-3)11-15-22;1-3-5-10-19-13-15-20(16-14-19)23(25-17-6-4-2)22-18-27-24(26-22)21-11-8-7-9-12-21;1-21(2,3)14-11-17(19(22)18(12-14)20(23)24)16-10-6-8-13-7-4-5-9-15(13)16/h8-9,12-22,30,32H,4-7,10-11H2,1-3H3;7-16,29H,1-6H3;10-17,19,25,27H,4-9,18H2,1-3H3;7-9,11-16,18,23,25H,3-6,10,17H2,1-2H3;4-12,22H,1-3H3,(H,23,24). The number of rotatable bonds is 37.